The summed E-state index contributed by atoms with van der Waals surface area (Å²) in [6.07, 6.45) is 4.24. The molecule has 0 aliphatic heterocycles. The van der Waals surface area contributed by atoms with Crippen molar-refractivity contribution in [1.82, 2.24) is 19.9 Å². The van der Waals surface area contributed by atoms with E-state index < -0.39 is 0 Å². The summed E-state index contributed by atoms with van der Waals surface area (Å²) in [6, 6.07) is 107. The van der Waals surface area contributed by atoms with Crippen LogP contribution in [0.5, 0.6) is 0 Å². The van der Waals surface area contributed by atoms with Crippen molar-refractivity contribution in [2.24, 2.45) is 0 Å². The SMILES string of the molecule is C1=C2c3c(ccc(-c4nc(-c5ccc6ccccc6c5)cc(-c5cc6cccc(-c7ccc8oc9ccc%10c(c9c8c7)-c7cccc8c(-c9cccc(-c%11cc(-c%12ccccc%12)nc(-c%12ccccc%12)n%11)c9)ccc-%10c78)c6c6ccccc56)n4)c3CC1)-c1ccc3oc4ccccc4c3c12. The van der Waals surface area contributed by atoms with E-state index in [0.29, 0.717) is 5.82 Å². The number of rotatable bonds is 8. The summed E-state index contributed by atoms with van der Waals surface area (Å²) in [5.74, 6) is 1.42. The van der Waals surface area contributed by atoms with Crippen molar-refractivity contribution < 1.29 is 8.83 Å². The van der Waals surface area contributed by atoms with Crippen LogP contribution in [0.1, 0.15) is 23.1 Å². The Hall–Kier alpha value is -13.2. The van der Waals surface area contributed by atoms with Gasteiger partial charge >= 0.3 is 0 Å². The molecule has 0 fully saturated rings. The van der Waals surface area contributed by atoms with Gasteiger partial charge in [0.15, 0.2) is 11.6 Å². The maximum atomic E-state index is 6.87. The summed E-state index contributed by atoms with van der Waals surface area (Å²) in [5.41, 5.74) is 30.3. The number of para-hydroxylation sites is 1. The Bertz CT molecular complexity index is 6780. The quantitative estimate of drug-likeness (QED) is 0.141. The maximum absolute atomic E-state index is 6.87. The van der Waals surface area contributed by atoms with Crippen molar-refractivity contribution in [2.75, 3.05) is 0 Å². The third-order valence-electron chi connectivity index (χ3n) is 21.4. The number of benzene rings is 15. The van der Waals surface area contributed by atoms with Crippen LogP contribution in [-0.4, -0.2) is 19.9 Å². The molecule has 4 aromatic heterocycles. The van der Waals surface area contributed by atoms with Gasteiger partial charge in [-0.15, -0.1) is 0 Å². The standard InChI is InChI=1S/C94H54N4O2/c1-3-18-54(19-4-1)78-51-79(96-93(95-78)55-20-5-2-6-21-55)59-24-13-23-57(48-59)62-38-39-68-71-43-46-85-92(90(71)74-32-15-30-65(62)87(68)74)77-49-58(37-44-83(77)100-85)63-29-14-25-61-50-76(64-26-9-10-27-66(64)86(61)63)81-52-80(60-36-35-53-17-7-8-22-56(53)47-60)97-94(98-81)72-41-40-69-70-42-45-84-91(73-28-11-12-34-82(73)99-84)89(70)75-33-16-31-67(72)88(69)75/h1-15,17-30,32-52H,16,31H2. The summed E-state index contributed by atoms with van der Waals surface area (Å²) < 4.78 is 13.3. The van der Waals surface area contributed by atoms with E-state index in [4.69, 9.17) is 28.8 Å². The molecule has 6 heteroatoms. The van der Waals surface area contributed by atoms with Crippen LogP contribution in [0.25, 0.3) is 216 Å². The zero-order valence-electron chi connectivity index (χ0n) is 53.9. The summed E-state index contributed by atoms with van der Waals surface area (Å²) in [7, 11) is 0. The van der Waals surface area contributed by atoms with Gasteiger partial charge in [0.25, 0.3) is 0 Å². The molecule has 0 N–H and O–H groups in total. The van der Waals surface area contributed by atoms with E-state index >= 15 is 0 Å². The normalized spacial score (nSPS) is 12.8. The van der Waals surface area contributed by atoms with E-state index in [2.05, 4.69) is 279 Å². The van der Waals surface area contributed by atoms with Crippen LogP contribution < -0.4 is 0 Å². The maximum Gasteiger partial charge on any atom is 0.160 e. The summed E-state index contributed by atoms with van der Waals surface area (Å²) in [4.78, 5) is 21.6. The van der Waals surface area contributed by atoms with Crippen LogP contribution >= 0.6 is 0 Å². The van der Waals surface area contributed by atoms with Gasteiger partial charge in [0.2, 0.25) is 0 Å². The second-order valence-corrected chi connectivity index (χ2v) is 26.9. The lowest BCUT2D eigenvalue weighted by Gasteiger charge is -2.20. The van der Waals surface area contributed by atoms with Crippen LogP contribution in [0, 0.1) is 0 Å². The summed E-state index contributed by atoms with van der Waals surface area (Å²) in [5, 5.41) is 13.9. The molecule has 0 atom stereocenters. The lowest BCUT2D eigenvalue weighted by atomic mass is 9.86. The van der Waals surface area contributed by atoms with Gasteiger partial charge in [-0.25, -0.2) is 19.9 Å². The fraction of sp³-hybridized carbons (Fsp3) is 0.0213. The fourth-order valence-electron chi connectivity index (χ4n) is 17.0. The van der Waals surface area contributed by atoms with Crippen LogP contribution in [0.4, 0.5) is 0 Å². The highest BCUT2D eigenvalue weighted by Gasteiger charge is 2.34. The molecule has 0 unspecified atom stereocenters. The molecular weight excluding hydrogens is 1220 g/mol. The number of furan rings is 2. The molecule has 0 saturated carbocycles. The molecule has 3 aliphatic carbocycles. The third kappa shape index (κ3) is 8.19. The first-order chi connectivity index (χ1) is 49.5. The van der Waals surface area contributed by atoms with Crippen molar-refractivity contribution >= 4 is 92.5 Å². The minimum Gasteiger partial charge on any atom is -0.456 e. The van der Waals surface area contributed by atoms with Gasteiger partial charge in [-0.3, -0.25) is 0 Å². The molecule has 0 radical (unpaired) electrons. The van der Waals surface area contributed by atoms with E-state index in [-0.39, 0.29) is 0 Å². The number of hydrogen-bond acceptors (Lipinski definition) is 6. The van der Waals surface area contributed by atoms with Crippen LogP contribution in [0.2, 0.25) is 0 Å². The fourth-order valence-corrected chi connectivity index (χ4v) is 17.0. The third-order valence-corrected chi connectivity index (χ3v) is 21.4. The van der Waals surface area contributed by atoms with Gasteiger partial charge in [0.05, 0.1) is 22.8 Å². The van der Waals surface area contributed by atoms with Crippen molar-refractivity contribution in [3.8, 4) is 123 Å². The number of nitrogens with zero attached hydrogens (tertiary/aromatic N) is 4. The van der Waals surface area contributed by atoms with Crippen LogP contribution in [-0.2, 0) is 6.42 Å². The molecule has 0 spiro atoms. The lowest BCUT2D eigenvalue weighted by molar-refractivity contribution is 0.668. The topological polar surface area (TPSA) is 77.8 Å². The molecule has 6 nitrogen and oxygen atoms in total. The highest BCUT2D eigenvalue weighted by atomic mass is 16.3. The van der Waals surface area contributed by atoms with E-state index in [1.165, 1.54) is 93.5 Å². The first-order valence-electron chi connectivity index (χ1n) is 34.4. The van der Waals surface area contributed by atoms with Gasteiger partial charge in [-0.1, -0.05) is 231 Å². The van der Waals surface area contributed by atoms with E-state index in [0.717, 1.165) is 146 Å². The van der Waals surface area contributed by atoms with Gasteiger partial charge in [0.1, 0.15) is 22.3 Å². The molecule has 0 saturated heterocycles. The first kappa shape index (κ1) is 55.0. The van der Waals surface area contributed by atoms with Gasteiger partial charge in [-0.2, -0.15) is 0 Å². The first-order valence-corrected chi connectivity index (χ1v) is 34.4. The van der Waals surface area contributed by atoms with Crippen molar-refractivity contribution in [3.63, 3.8) is 0 Å². The molecule has 0 bridgehead atoms. The monoisotopic (exact) mass is 1270 g/mol. The number of allylic oxidation sites excluding steroid dienone is 1. The number of fused-ring (bicyclic) bond motifs is 18. The van der Waals surface area contributed by atoms with Gasteiger partial charge < -0.3 is 8.83 Å². The predicted octanol–water partition coefficient (Wildman–Crippen LogP) is 25.0. The molecule has 15 aromatic carbocycles. The lowest BCUT2D eigenvalue weighted by Crippen LogP contribution is -2.04. The molecular formula is C94H54N4O2. The summed E-state index contributed by atoms with van der Waals surface area (Å²) in [6.45, 7) is 0. The highest BCUT2D eigenvalue weighted by molar-refractivity contribution is 6.28. The Balaban J connectivity index is 0.669. The minimum absolute atomic E-state index is 0.696. The second kappa shape index (κ2) is 21.2. The Labute approximate surface area is 574 Å². The molecule has 3 aliphatic rings. The molecule has 462 valence electrons. The highest BCUT2D eigenvalue weighted by Crippen LogP contribution is 2.56. The number of hydrogen-bond donors (Lipinski definition) is 0. The van der Waals surface area contributed by atoms with Crippen LogP contribution in [0.3, 0.4) is 0 Å². The average Bonchev–Trinajstić information content (AvgIpc) is 1.52. The largest absolute Gasteiger partial charge is 0.456 e. The zero-order valence-corrected chi connectivity index (χ0v) is 53.9. The Morgan fingerprint density at radius 3 is 1.64 bits per heavy atom. The predicted molar refractivity (Wildman–Crippen MR) is 411 cm³/mol. The smallest absolute Gasteiger partial charge is 0.160 e. The Morgan fingerprint density at radius 1 is 0.240 bits per heavy atom. The number of aromatic nitrogens is 4. The van der Waals surface area contributed by atoms with E-state index in [1.54, 1.807) is 0 Å². The van der Waals surface area contributed by atoms with Crippen molar-refractivity contribution in [2.45, 2.75) is 12.8 Å². The molecule has 4 heterocycles. The average molecular weight is 1270 g/mol. The van der Waals surface area contributed by atoms with Crippen molar-refractivity contribution in [1.29, 1.82) is 0 Å². The van der Waals surface area contributed by atoms with Crippen molar-refractivity contribution in [3.05, 3.63) is 320 Å². The second-order valence-electron chi connectivity index (χ2n) is 26.9. The minimum atomic E-state index is 0.696. The van der Waals surface area contributed by atoms with E-state index in [9.17, 15) is 0 Å². The zero-order chi connectivity index (χ0) is 65.3. The summed E-state index contributed by atoms with van der Waals surface area (Å²) >= 11 is 0. The molecule has 19 aromatic rings. The molecule has 0 amide bonds. The van der Waals surface area contributed by atoms with Gasteiger partial charge in [-0.05, 0) is 195 Å². The van der Waals surface area contributed by atoms with Gasteiger partial charge in [0, 0.05) is 66.1 Å². The van der Waals surface area contributed by atoms with E-state index in [1.807, 2.05) is 24.3 Å². The Morgan fingerprint density at radius 2 is 0.790 bits per heavy atom. The Kier molecular flexibility index (Phi) is 11.6. The molecule has 100 heavy (non-hydrogen) atoms. The molecule has 22 rings (SSSR count). The van der Waals surface area contributed by atoms with Crippen LogP contribution in [0.15, 0.2) is 312 Å².